The summed E-state index contributed by atoms with van der Waals surface area (Å²) >= 11 is 0. The second-order valence-corrected chi connectivity index (χ2v) is 6.10. The van der Waals surface area contributed by atoms with Gasteiger partial charge in [-0.1, -0.05) is 72.3 Å². The van der Waals surface area contributed by atoms with Crippen molar-refractivity contribution in [2.75, 3.05) is 7.11 Å². The molecule has 2 nitrogen and oxygen atoms in total. The van der Waals surface area contributed by atoms with Crippen LogP contribution < -0.4 is 0 Å². The lowest BCUT2D eigenvalue weighted by Gasteiger charge is -2.13. The fraction of sp³-hybridized carbons (Fsp3) is 0.227. The number of carbonyl (C=O) groups excluding carboxylic acids is 1. The van der Waals surface area contributed by atoms with Crippen molar-refractivity contribution in [1.82, 2.24) is 0 Å². The lowest BCUT2D eigenvalue weighted by atomic mass is 9.92. The molecule has 0 N–H and O–H groups in total. The second kappa shape index (κ2) is 7.78. The Balaban J connectivity index is 1.93. The van der Waals surface area contributed by atoms with Crippen molar-refractivity contribution in [2.24, 2.45) is 5.92 Å². The predicted octanol–water partition coefficient (Wildman–Crippen LogP) is 5.02. The van der Waals surface area contributed by atoms with Crippen LogP contribution in [-0.4, -0.2) is 13.1 Å². The van der Waals surface area contributed by atoms with E-state index >= 15 is 0 Å². The minimum Gasteiger partial charge on any atom is -0.466 e. The molecule has 1 aliphatic rings. The number of carbonyl (C=O) groups is 1. The number of methoxy groups -OCH3 is 1. The summed E-state index contributed by atoms with van der Waals surface area (Å²) in [5, 5.41) is 0. The summed E-state index contributed by atoms with van der Waals surface area (Å²) in [7, 11) is 1.41. The van der Waals surface area contributed by atoms with Crippen molar-refractivity contribution in [3.63, 3.8) is 0 Å². The molecule has 1 unspecified atom stereocenters. The summed E-state index contributed by atoms with van der Waals surface area (Å²) in [6.07, 6.45) is 6.68. The number of hydrogen-bond donors (Lipinski definition) is 0. The van der Waals surface area contributed by atoms with E-state index in [1.165, 1.54) is 29.4 Å². The van der Waals surface area contributed by atoms with E-state index in [0.29, 0.717) is 5.92 Å². The SMILES string of the molecule is COC(=O)/C=C/C1CCC(=C(c2ccccc2)c2ccccc2)C1. The zero-order chi connectivity index (χ0) is 16.8. The number of ether oxygens (including phenoxy) is 1. The molecule has 0 amide bonds. The van der Waals surface area contributed by atoms with Crippen molar-refractivity contribution >= 4 is 11.5 Å². The van der Waals surface area contributed by atoms with Crippen LogP contribution in [0.2, 0.25) is 0 Å². The van der Waals surface area contributed by atoms with E-state index in [0.717, 1.165) is 19.3 Å². The minimum absolute atomic E-state index is 0.279. The molecule has 1 aliphatic carbocycles. The third kappa shape index (κ3) is 3.83. The van der Waals surface area contributed by atoms with Crippen LogP contribution >= 0.6 is 0 Å². The van der Waals surface area contributed by atoms with Crippen LogP contribution in [0.1, 0.15) is 30.4 Å². The van der Waals surface area contributed by atoms with E-state index in [-0.39, 0.29) is 5.97 Å². The first kappa shape index (κ1) is 16.3. The monoisotopic (exact) mass is 318 g/mol. The molecule has 2 aromatic rings. The molecule has 0 spiro atoms. The van der Waals surface area contributed by atoms with Crippen LogP contribution in [0.25, 0.3) is 5.57 Å². The molecule has 1 atom stereocenters. The predicted molar refractivity (Wildman–Crippen MR) is 97.4 cm³/mol. The highest BCUT2D eigenvalue weighted by Crippen LogP contribution is 2.39. The molecule has 0 aromatic heterocycles. The minimum atomic E-state index is -0.279. The van der Waals surface area contributed by atoms with Gasteiger partial charge < -0.3 is 4.74 Å². The van der Waals surface area contributed by atoms with E-state index in [1.807, 2.05) is 18.2 Å². The first-order valence-electron chi connectivity index (χ1n) is 8.37. The molecule has 122 valence electrons. The zero-order valence-corrected chi connectivity index (χ0v) is 13.9. The van der Waals surface area contributed by atoms with Crippen molar-refractivity contribution in [3.8, 4) is 0 Å². The van der Waals surface area contributed by atoms with Gasteiger partial charge in [-0.05, 0) is 41.9 Å². The van der Waals surface area contributed by atoms with E-state index in [9.17, 15) is 4.79 Å². The third-order valence-electron chi connectivity index (χ3n) is 4.51. The fourth-order valence-corrected chi connectivity index (χ4v) is 3.34. The summed E-state index contributed by atoms with van der Waals surface area (Å²) < 4.78 is 4.69. The Morgan fingerprint density at radius 3 is 2.12 bits per heavy atom. The van der Waals surface area contributed by atoms with Crippen molar-refractivity contribution < 1.29 is 9.53 Å². The number of allylic oxidation sites excluding steroid dienone is 2. The summed E-state index contributed by atoms with van der Waals surface area (Å²) in [6, 6.07) is 21.1. The Kier molecular flexibility index (Phi) is 5.27. The highest BCUT2D eigenvalue weighted by Gasteiger charge is 2.22. The van der Waals surface area contributed by atoms with Gasteiger partial charge in [0.2, 0.25) is 0 Å². The third-order valence-corrected chi connectivity index (χ3v) is 4.51. The number of esters is 1. The average Bonchev–Trinajstić information content (AvgIpc) is 3.10. The molecule has 0 radical (unpaired) electrons. The molecule has 1 saturated carbocycles. The molecule has 24 heavy (non-hydrogen) atoms. The maximum absolute atomic E-state index is 11.3. The van der Waals surface area contributed by atoms with Crippen molar-refractivity contribution in [2.45, 2.75) is 19.3 Å². The largest absolute Gasteiger partial charge is 0.466 e. The van der Waals surface area contributed by atoms with E-state index in [2.05, 4.69) is 53.3 Å². The quantitative estimate of drug-likeness (QED) is 0.584. The zero-order valence-electron chi connectivity index (χ0n) is 13.9. The van der Waals surface area contributed by atoms with Crippen LogP contribution in [-0.2, 0) is 9.53 Å². The van der Waals surface area contributed by atoms with Gasteiger partial charge in [0.1, 0.15) is 0 Å². The Labute approximate surface area is 143 Å². The van der Waals surface area contributed by atoms with Crippen molar-refractivity contribution in [1.29, 1.82) is 0 Å². The Bertz CT molecular complexity index is 701. The Morgan fingerprint density at radius 2 is 1.58 bits per heavy atom. The standard InChI is InChI=1S/C22H22O2/c1-24-21(23)15-13-17-12-14-20(16-17)22(18-8-4-2-5-9-18)19-10-6-3-7-11-19/h2-11,13,15,17H,12,14,16H2,1H3/b15-13+. The maximum atomic E-state index is 11.3. The van der Waals surface area contributed by atoms with Gasteiger partial charge in [-0.3, -0.25) is 0 Å². The number of rotatable bonds is 4. The normalized spacial score (nSPS) is 17.2. The van der Waals surface area contributed by atoms with Gasteiger partial charge in [-0.15, -0.1) is 0 Å². The van der Waals surface area contributed by atoms with Gasteiger partial charge in [0.05, 0.1) is 7.11 Å². The highest BCUT2D eigenvalue weighted by atomic mass is 16.5. The van der Waals surface area contributed by atoms with Gasteiger partial charge in [0.15, 0.2) is 0 Å². The van der Waals surface area contributed by atoms with Crippen LogP contribution in [0.15, 0.2) is 78.4 Å². The molecule has 2 aromatic carbocycles. The van der Waals surface area contributed by atoms with Gasteiger partial charge in [0.25, 0.3) is 0 Å². The molecule has 0 bridgehead atoms. The topological polar surface area (TPSA) is 26.3 Å². The summed E-state index contributed by atoms with van der Waals surface area (Å²) in [4.78, 5) is 11.3. The number of hydrogen-bond acceptors (Lipinski definition) is 2. The molecule has 3 rings (SSSR count). The first-order chi connectivity index (χ1) is 11.8. The summed E-state index contributed by atoms with van der Waals surface area (Å²) in [5.41, 5.74) is 5.32. The molecule has 2 heteroatoms. The summed E-state index contributed by atoms with van der Waals surface area (Å²) in [6.45, 7) is 0. The first-order valence-corrected chi connectivity index (χ1v) is 8.37. The molecular formula is C22H22O2. The van der Waals surface area contributed by atoms with Gasteiger partial charge in [-0.25, -0.2) is 4.79 Å². The summed E-state index contributed by atoms with van der Waals surface area (Å²) in [5.74, 6) is 0.125. The van der Waals surface area contributed by atoms with Crippen molar-refractivity contribution in [3.05, 3.63) is 89.5 Å². The van der Waals surface area contributed by atoms with Gasteiger partial charge in [-0.2, -0.15) is 0 Å². The smallest absolute Gasteiger partial charge is 0.330 e. The van der Waals surface area contributed by atoms with Crippen LogP contribution in [0, 0.1) is 5.92 Å². The van der Waals surface area contributed by atoms with E-state index < -0.39 is 0 Å². The number of benzene rings is 2. The van der Waals surface area contributed by atoms with Gasteiger partial charge >= 0.3 is 5.97 Å². The van der Waals surface area contributed by atoms with Crippen LogP contribution in [0.3, 0.4) is 0 Å². The van der Waals surface area contributed by atoms with Crippen LogP contribution in [0.5, 0.6) is 0 Å². The van der Waals surface area contributed by atoms with E-state index in [4.69, 9.17) is 0 Å². The second-order valence-electron chi connectivity index (χ2n) is 6.10. The molecular weight excluding hydrogens is 296 g/mol. The fourth-order valence-electron chi connectivity index (χ4n) is 3.34. The lowest BCUT2D eigenvalue weighted by molar-refractivity contribution is -0.134. The molecule has 0 saturated heterocycles. The molecule has 0 aliphatic heterocycles. The highest BCUT2D eigenvalue weighted by molar-refractivity contribution is 5.83. The van der Waals surface area contributed by atoms with Crippen LogP contribution in [0.4, 0.5) is 0 Å². The molecule has 0 heterocycles. The Hall–Kier alpha value is -2.61. The van der Waals surface area contributed by atoms with E-state index in [1.54, 1.807) is 6.08 Å². The maximum Gasteiger partial charge on any atom is 0.330 e. The average molecular weight is 318 g/mol. The van der Waals surface area contributed by atoms with Gasteiger partial charge in [0, 0.05) is 6.08 Å². The lowest BCUT2D eigenvalue weighted by Crippen LogP contribution is -1.96. The Morgan fingerprint density at radius 1 is 1.00 bits per heavy atom. The molecule has 1 fully saturated rings.